The predicted octanol–water partition coefficient (Wildman–Crippen LogP) is 1.04. The summed E-state index contributed by atoms with van der Waals surface area (Å²) in [6.45, 7) is 3.14. The Morgan fingerprint density at radius 3 is 2.12 bits per heavy atom. The number of rotatable bonds is 3. The molecule has 16 heavy (non-hydrogen) atoms. The third-order valence-electron chi connectivity index (χ3n) is 0.915. The lowest BCUT2D eigenvalue weighted by molar-refractivity contribution is -0.192. The number of carboxylic acids is 1. The first-order valence-corrected chi connectivity index (χ1v) is 5.15. The molecule has 0 aliphatic rings. The molecule has 0 fully saturated rings. The van der Waals surface area contributed by atoms with Crippen molar-refractivity contribution in [1.29, 1.82) is 0 Å². The summed E-state index contributed by atoms with van der Waals surface area (Å²) in [5.74, 6) is -2.06. The number of hydrogen-bond acceptors (Lipinski definition) is 4. The second-order valence-electron chi connectivity index (χ2n) is 2.26. The monoisotopic (exact) mass is 262 g/mol. The maximum Gasteiger partial charge on any atom is 0.490 e. The first-order chi connectivity index (χ1) is 7.25. The molecule has 1 amide bonds. The van der Waals surface area contributed by atoms with E-state index >= 15 is 0 Å². The third-order valence-corrected chi connectivity index (χ3v) is 1.76. The fraction of sp³-hybridized carbons (Fsp3) is 0.714. The molecule has 0 aromatic rings. The Kier molecular flexibility index (Phi) is 10.1. The van der Waals surface area contributed by atoms with Gasteiger partial charge in [-0.25, -0.2) is 4.79 Å². The van der Waals surface area contributed by atoms with Crippen molar-refractivity contribution < 1.29 is 27.9 Å². The molecule has 96 valence electrons. The SMILES string of the molecule is CCNC(=O)SCCN.O=C(O)C(F)(F)F. The zero-order chi connectivity index (χ0) is 13.2. The van der Waals surface area contributed by atoms with Gasteiger partial charge in [0.2, 0.25) is 0 Å². The number of amides is 1. The average Bonchev–Trinajstić information content (AvgIpc) is 2.14. The van der Waals surface area contributed by atoms with E-state index in [1.807, 2.05) is 6.92 Å². The number of carbonyl (C=O) groups is 2. The number of alkyl halides is 3. The summed E-state index contributed by atoms with van der Waals surface area (Å²) in [5, 5.41) is 9.79. The van der Waals surface area contributed by atoms with E-state index in [9.17, 15) is 18.0 Å². The Bertz CT molecular complexity index is 223. The Balaban J connectivity index is 0. The second-order valence-corrected chi connectivity index (χ2v) is 3.33. The molecule has 0 saturated heterocycles. The number of hydrogen-bond donors (Lipinski definition) is 3. The van der Waals surface area contributed by atoms with Crippen LogP contribution in [0.5, 0.6) is 0 Å². The molecule has 0 atom stereocenters. The minimum Gasteiger partial charge on any atom is -0.475 e. The molecule has 0 aromatic carbocycles. The van der Waals surface area contributed by atoms with Gasteiger partial charge in [0.05, 0.1) is 0 Å². The number of carbonyl (C=O) groups excluding carboxylic acids is 1. The van der Waals surface area contributed by atoms with Gasteiger partial charge in [0.1, 0.15) is 0 Å². The molecular weight excluding hydrogens is 249 g/mol. The van der Waals surface area contributed by atoms with Crippen LogP contribution in [-0.4, -0.2) is 41.3 Å². The highest BCUT2D eigenvalue weighted by Crippen LogP contribution is 2.13. The number of nitrogens with two attached hydrogens (primary N) is 1. The Morgan fingerprint density at radius 2 is 1.88 bits per heavy atom. The van der Waals surface area contributed by atoms with Crippen molar-refractivity contribution in [2.24, 2.45) is 5.73 Å². The highest BCUT2D eigenvalue weighted by Gasteiger charge is 2.38. The van der Waals surface area contributed by atoms with Gasteiger partial charge in [0.25, 0.3) is 5.24 Å². The fourth-order valence-electron chi connectivity index (χ4n) is 0.347. The van der Waals surface area contributed by atoms with Gasteiger partial charge >= 0.3 is 12.1 Å². The molecular formula is C7H13F3N2O3S. The van der Waals surface area contributed by atoms with Crippen molar-refractivity contribution in [1.82, 2.24) is 5.32 Å². The van der Waals surface area contributed by atoms with Crippen LogP contribution in [0.1, 0.15) is 6.92 Å². The average molecular weight is 262 g/mol. The summed E-state index contributed by atoms with van der Waals surface area (Å²) in [6, 6.07) is 0. The lowest BCUT2D eigenvalue weighted by Gasteiger charge is -1.97. The molecule has 0 unspecified atom stereocenters. The van der Waals surface area contributed by atoms with E-state index in [-0.39, 0.29) is 5.24 Å². The van der Waals surface area contributed by atoms with Gasteiger partial charge in [0, 0.05) is 18.8 Å². The molecule has 0 aliphatic carbocycles. The van der Waals surface area contributed by atoms with Gasteiger partial charge in [-0.1, -0.05) is 11.8 Å². The van der Waals surface area contributed by atoms with Gasteiger partial charge in [-0.05, 0) is 6.92 Å². The summed E-state index contributed by atoms with van der Waals surface area (Å²) >= 11 is 1.23. The molecule has 0 bridgehead atoms. The lowest BCUT2D eigenvalue weighted by atomic mass is 10.7. The normalized spacial score (nSPS) is 10.1. The summed E-state index contributed by atoms with van der Waals surface area (Å²) in [7, 11) is 0. The quantitative estimate of drug-likeness (QED) is 0.706. The molecule has 0 spiro atoms. The highest BCUT2D eigenvalue weighted by atomic mass is 32.2. The maximum absolute atomic E-state index is 10.6. The number of halogens is 3. The van der Waals surface area contributed by atoms with Crippen LogP contribution in [0.15, 0.2) is 0 Å². The van der Waals surface area contributed by atoms with Crippen molar-refractivity contribution in [3.8, 4) is 0 Å². The molecule has 0 heterocycles. The van der Waals surface area contributed by atoms with E-state index in [1.165, 1.54) is 11.8 Å². The van der Waals surface area contributed by atoms with Crippen LogP contribution in [0.25, 0.3) is 0 Å². The summed E-state index contributed by atoms with van der Waals surface area (Å²) in [6.07, 6.45) is -5.08. The van der Waals surface area contributed by atoms with Crippen molar-refractivity contribution in [3.05, 3.63) is 0 Å². The van der Waals surface area contributed by atoms with E-state index in [2.05, 4.69) is 5.32 Å². The number of aliphatic carboxylic acids is 1. The van der Waals surface area contributed by atoms with Gasteiger partial charge in [-0.15, -0.1) is 0 Å². The van der Waals surface area contributed by atoms with Gasteiger partial charge in [-0.2, -0.15) is 13.2 Å². The zero-order valence-corrected chi connectivity index (χ0v) is 9.32. The van der Waals surface area contributed by atoms with Gasteiger partial charge < -0.3 is 16.2 Å². The lowest BCUT2D eigenvalue weighted by Crippen LogP contribution is -2.21. The Labute approximate surface area is 94.6 Å². The van der Waals surface area contributed by atoms with Gasteiger partial charge in [0.15, 0.2) is 0 Å². The first-order valence-electron chi connectivity index (χ1n) is 4.16. The van der Waals surface area contributed by atoms with Crippen molar-refractivity contribution in [2.75, 3.05) is 18.8 Å². The summed E-state index contributed by atoms with van der Waals surface area (Å²) in [4.78, 5) is 19.5. The largest absolute Gasteiger partial charge is 0.490 e. The van der Waals surface area contributed by atoms with E-state index < -0.39 is 12.1 Å². The zero-order valence-electron chi connectivity index (χ0n) is 8.50. The molecule has 5 nitrogen and oxygen atoms in total. The fourth-order valence-corrected chi connectivity index (χ4v) is 0.897. The van der Waals surface area contributed by atoms with E-state index in [4.69, 9.17) is 15.6 Å². The van der Waals surface area contributed by atoms with Crippen LogP contribution in [0.3, 0.4) is 0 Å². The molecule has 4 N–H and O–H groups in total. The first kappa shape index (κ1) is 17.4. The van der Waals surface area contributed by atoms with Crippen LogP contribution >= 0.6 is 11.8 Å². The van der Waals surface area contributed by atoms with Crippen LogP contribution in [0.4, 0.5) is 18.0 Å². The van der Waals surface area contributed by atoms with Gasteiger partial charge in [-0.3, -0.25) is 4.79 Å². The van der Waals surface area contributed by atoms with Crippen LogP contribution in [-0.2, 0) is 4.79 Å². The minimum absolute atomic E-state index is 0.0166. The summed E-state index contributed by atoms with van der Waals surface area (Å²) in [5.41, 5.74) is 5.17. The molecule has 9 heteroatoms. The standard InChI is InChI=1S/C5H12N2OS.C2HF3O2/c1-2-7-5(8)9-4-3-6;3-2(4,5)1(6)7/h2-4,6H2,1H3,(H,7,8);(H,6,7). The Morgan fingerprint density at radius 1 is 1.44 bits per heavy atom. The Hall–Kier alpha value is -0.960. The highest BCUT2D eigenvalue weighted by molar-refractivity contribution is 8.13. The smallest absolute Gasteiger partial charge is 0.475 e. The van der Waals surface area contributed by atoms with Crippen molar-refractivity contribution in [3.63, 3.8) is 0 Å². The molecule has 0 radical (unpaired) electrons. The maximum atomic E-state index is 10.6. The van der Waals surface area contributed by atoms with E-state index in [0.29, 0.717) is 18.8 Å². The van der Waals surface area contributed by atoms with Crippen LogP contribution < -0.4 is 11.1 Å². The molecule has 0 saturated carbocycles. The van der Waals surface area contributed by atoms with Crippen LogP contribution in [0, 0.1) is 0 Å². The number of nitrogens with one attached hydrogen (secondary N) is 1. The van der Waals surface area contributed by atoms with E-state index in [1.54, 1.807) is 0 Å². The summed E-state index contributed by atoms with van der Waals surface area (Å²) < 4.78 is 31.7. The molecule has 0 rings (SSSR count). The van der Waals surface area contributed by atoms with Crippen LogP contribution in [0.2, 0.25) is 0 Å². The topological polar surface area (TPSA) is 92.4 Å². The minimum atomic E-state index is -5.08. The predicted molar refractivity (Wildman–Crippen MR) is 54.3 cm³/mol. The van der Waals surface area contributed by atoms with E-state index in [0.717, 1.165) is 0 Å². The molecule has 0 aliphatic heterocycles. The number of carboxylic acid groups (broad SMARTS) is 1. The molecule has 0 aromatic heterocycles. The second kappa shape index (κ2) is 9.28. The van der Waals surface area contributed by atoms with Crippen molar-refractivity contribution in [2.45, 2.75) is 13.1 Å². The third kappa shape index (κ3) is 13.0. The van der Waals surface area contributed by atoms with Crippen molar-refractivity contribution >= 4 is 23.0 Å². The number of thioether (sulfide) groups is 1.